The molecule has 0 aliphatic heterocycles. The second-order valence-corrected chi connectivity index (χ2v) is 5.08. The lowest BCUT2D eigenvalue weighted by Crippen LogP contribution is -1.95. The van der Waals surface area contributed by atoms with E-state index in [0.717, 1.165) is 0 Å². The van der Waals surface area contributed by atoms with Crippen molar-refractivity contribution in [1.82, 2.24) is 4.98 Å². The zero-order valence-corrected chi connectivity index (χ0v) is 11.9. The molecule has 0 atom stereocenters. The van der Waals surface area contributed by atoms with Crippen LogP contribution < -0.4 is 0 Å². The Morgan fingerprint density at radius 1 is 0.944 bits per heavy atom. The molecule has 6 heteroatoms. The zero-order chi connectivity index (χ0) is 13.3. The first kappa shape index (κ1) is 13.9. The number of aromatic nitrogens is 1. The van der Waals surface area contributed by atoms with Gasteiger partial charge in [0.05, 0.1) is 27.4 Å². The van der Waals surface area contributed by atoms with Gasteiger partial charge in [0.25, 0.3) is 0 Å². The van der Waals surface area contributed by atoms with E-state index < -0.39 is 0 Å². The summed E-state index contributed by atoms with van der Waals surface area (Å²) >= 11 is 24.0. The summed E-state index contributed by atoms with van der Waals surface area (Å²) in [7, 11) is 0. The molecule has 94 valence electrons. The molecule has 1 heterocycles. The maximum atomic E-state index is 9.31. The van der Waals surface area contributed by atoms with Crippen molar-refractivity contribution in [2.45, 2.75) is 6.61 Å². The summed E-state index contributed by atoms with van der Waals surface area (Å²) in [6.07, 6.45) is 0. The summed E-state index contributed by atoms with van der Waals surface area (Å²) in [6, 6.07) is 6.55. The third-order valence-electron chi connectivity index (χ3n) is 2.40. The van der Waals surface area contributed by atoms with Crippen LogP contribution >= 0.6 is 46.4 Å². The molecule has 0 aliphatic rings. The third kappa shape index (κ3) is 2.58. The highest BCUT2D eigenvalue weighted by Gasteiger charge is 2.16. The molecule has 0 aliphatic carbocycles. The van der Waals surface area contributed by atoms with E-state index in [9.17, 15) is 5.11 Å². The third-order valence-corrected chi connectivity index (χ3v) is 3.73. The van der Waals surface area contributed by atoms with Crippen molar-refractivity contribution in [3.63, 3.8) is 0 Å². The number of aliphatic hydroxyl groups excluding tert-OH is 1. The van der Waals surface area contributed by atoms with Crippen molar-refractivity contribution in [1.29, 1.82) is 0 Å². The summed E-state index contributed by atoms with van der Waals surface area (Å²) in [5, 5.41) is 10.7. The molecule has 0 fully saturated rings. The molecular formula is C12H7Cl4NO. The maximum Gasteiger partial charge on any atom is 0.129 e. The van der Waals surface area contributed by atoms with E-state index in [4.69, 9.17) is 46.4 Å². The predicted octanol–water partition coefficient (Wildman–Crippen LogP) is 4.85. The average molecular weight is 323 g/mol. The van der Waals surface area contributed by atoms with Gasteiger partial charge in [-0.3, -0.25) is 0 Å². The number of pyridine rings is 1. The molecular weight excluding hydrogens is 316 g/mol. The number of hydrogen-bond donors (Lipinski definition) is 1. The lowest BCUT2D eigenvalue weighted by molar-refractivity contribution is 0.277. The Labute approximate surface area is 124 Å². The lowest BCUT2D eigenvalue weighted by Gasteiger charge is -2.12. The highest BCUT2D eigenvalue weighted by molar-refractivity contribution is 6.46. The van der Waals surface area contributed by atoms with E-state index in [1.165, 1.54) is 0 Å². The molecule has 0 amide bonds. The highest BCUT2D eigenvalue weighted by Crippen LogP contribution is 2.40. The number of nitrogens with zero attached hydrogens (tertiary/aromatic N) is 1. The molecule has 18 heavy (non-hydrogen) atoms. The van der Waals surface area contributed by atoms with Gasteiger partial charge in [-0.1, -0.05) is 46.4 Å². The first-order chi connectivity index (χ1) is 8.54. The number of rotatable bonds is 2. The normalized spacial score (nSPS) is 10.7. The smallest absolute Gasteiger partial charge is 0.129 e. The van der Waals surface area contributed by atoms with Gasteiger partial charge in [0.15, 0.2) is 0 Å². The lowest BCUT2D eigenvalue weighted by atomic mass is 10.0. The Bertz CT molecular complexity index is 601. The summed E-state index contributed by atoms with van der Waals surface area (Å²) in [5.41, 5.74) is 1.55. The average Bonchev–Trinajstić information content (AvgIpc) is 2.36. The maximum absolute atomic E-state index is 9.31. The van der Waals surface area contributed by atoms with E-state index in [1.54, 1.807) is 24.3 Å². The zero-order valence-electron chi connectivity index (χ0n) is 8.92. The molecule has 2 nitrogen and oxygen atoms in total. The van der Waals surface area contributed by atoms with Gasteiger partial charge in [0, 0.05) is 11.1 Å². The van der Waals surface area contributed by atoms with Gasteiger partial charge in [-0.2, -0.15) is 0 Å². The van der Waals surface area contributed by atoms with E-state index in [2.05, 4.69) is 4.98 Å². The second-order valence-electron chi connectivity index (χ2n) is 3.50. The van der Waals surface area contributed by atoms with Gasteiger partial charge in [0.2, 0.25) is 0 Å². The van der Waals surface area contributed by atoms with Crippen molar-refractivity contribution in [3.8, 4) is 11.1 Å². The van der Waals surface area contributed by atoms with E-state index in [0.29, 0.717) is 31.9 Å². The molecule has 1 aromatic carbocycles. The number of benzene rings is 1. The summed E-state index contributed by atoms with van der Waals surface area (Å²) in [4.78, 5) is 4.03. The summed E-state index contributed by atoms with van der Waals surface area (Å²) in [6.45, 7) is -0.269. The summed E-state index contributed by atoms with van der Waals surface area (Å²) in [5.74, 6) is 0. The Hall–Kier alpha value is -0.510. The van der Waals surface area contributed by atoms with Crippen LogP contribution in [-0.4, -0.2) is 10.1 Å². The quantitative estimate of drug-likeness (QED) is 0.633. The van der Waals surface area contributed by atoms with Crippen LogP contribution in [0.15, 0.2) is 24.3 Å². The van der Waals surface area contributed by atoms with Gasteiger partial charge < -0.3 is 5.11 Å². The molecule has 0 spiro atoms. The SMILES string of the molecule is OCc1nc(Cl)ccc1-c1c(Cl)ccc(Cl)c1Cl. The first-order valence-corrected chi connectivity index (χ1v) is 6.46. The monoisotopic (exact) mass is 321 g/mol. The van der Waals surface area contributed by atoms with Crippen molar-refractivity contribution in [3.05, 3.63) is 50.2 Å². The Morgan fingerprint density at radius 3 is 2.28 bits per heavy atom. The van der Waals surface area contributed by atoms with E-state index in [1.807, 2.05) is 0 Å². The molecule has 0 unspecified atom stereocenters. The van der Waals surface area contributed by atoms with E-state index in [-0.39, 0.29) is 11.8 Å². The molecule has 1 aromatic heterocycles. The molecule has 0 radical (unpaired) electrons. The van der Waals surface area contributed by atoms with Gasteiger partial charge >= 0.3 is 0 Å². The minimum Gasteiger partial charge on any atom is -0.390 e. The molecule has 0 saturated heterocycles. The van der Waals surface area contributed by atoms with Crippen molar-refractivity contribution in [2.75, 3.05) is 0 Å². The Morgan fingerprint density at radius 2 is 1.61 bits per heavy atom. The number of hydrogen-bond acceptors (Lipinski definition) is 2. The van der Waals surface area contributed by atoms with Crippen molar-refractivity contribution in [2.24, 2.45) is 0 Å². The van der Waals surface area contributed by atoms with Gasteiger partial charge in [0.1, 0.15) is 5.15 Å². The minimum atomic E-state index is -0.269. The Kier molecular flexibility index (Phi) is 4.36. The van der Waals surface area contributed by atoms with Crippen molar-refractivity contribution >= 4 is 46.4 Å². The van der Waals surface area contributed by atoms with Crippen LogP contribution in [-0.2, 0) is 6.61 Å². The number of aliphatic hydroxyl groups is 1. The van der Waals surface area contributed by atoms with E-state index >= 15 is 0 Å². The van der Waals surface area contributed by atoms with Crippen LogP contribution in [0.25, 0.3) is 11.1 Å². The predicted molar refractivity (Wildman–Crippen MR) is 75.6 cm³/mol. The second kappa shape index (κ2) is 5.64. The molecule has 1 N–H and O–H groups in total. The van der Waals surface area contributed by atoms with Crippen LogP contribution in [0.3, 0.4) is 0 Å². The number of halogens is 4. The van der Waals surface area contributed by atoms with Crippen LogP contribution in [0, 0.1) is 0 Å². The molecule has 0 bridgehead atoms. The highest BCUT2D eigenvalue weighted by atomic mass is 35.5. The fourth-order valence-corrected chi connectivity index (χ4v) is 2.49. The van der Waals surface area contributed by atoms with Crippen LogP contribution in [0.4, 0.5) is 0 Å². The summed E-state index contributed by atoms with van der Waals surface area (Å²) < 4.78 is 0. The van der Waals surface area contributed by atoms with Gasteiger partial charge in [-0.25, -0.2) is 4.98 Å². The topological polar surface area (TPSA) is 33.1 Å². The molecule has 2 rings (SSSR count). The fraction of sp³-hybridized carbons (Fsp3) is 0.0833. The fourth-order valence-electron chi connectivity index (χ4n) is 1.60. The van der Waals surface area contributed by atoms with Gasteiger partial charge in [-0.15, -0.1) is 0 Å². The largest absolute Gasteiger partial charge is 0.390 e. The van der Waals surface area contributed by atoms with Crippen LogP contribution in [0.2, 0.25) is 20.2 Å². The Balaban J connectivity index is 2.73. The van der Waals surface area contributed by atoms with Crippen LogP contribution in [0.5, 0.6) is 0 Å². The molecule has 0 saturated carbocycles. The van der Waals surface area contributed by atoms with Gasteiger partial charge in [-0.05, 0) is 24.3 Å². The standard InChI is InChI=1S/C12H7Cl4NO/c13-7-2-3-8(14)12(16)11(7)6-1-4-10(15)17-9(6)5-18/h1-4,18H,5H2. The molecule has 2 aromatic rings. The minimum absolute atomic E-state index is 0.269. The van der Waals surface area contributed by atoms with Crippen LogP contribution in [0.1, 0.15) is 5.69 Å². The van der Waals surface area contributed by atoms with Crippen molar-refractivity contribution < 1.29 is 5.11 Å². The first-order valence-electron chi connectivity index (χ1n) is 4.94.